The molecule has 0 aliphatic carbocycles. The van der Waals surface area contributed by atoms with Crippen LogP contribution in [0.2, 0.25) is 5.02 Å². The Morgan fingerprint density at radius 2 is 1.68 bits per heavy atom. The Kier molecular flexibility index (Phi) is 9.02. The molecular formula is C16H20ClN3O5. The molecule has 25 heavy (non-hydrogen) atoms. The number of likely N-dealkylation sites (N-methyl/N-ethyl adjacent to an activating group) is 1. The lowest BCUT2D eigenvalue weighted by Crippen LogP contribution is -2.38. The molecule has 0 aliphatic heterocycles. The zero-order valence-corrected chi connectivity index (χ0v) is 14.5. The van der Waals surface area contributed by atoms with Crippen molar-refractivity contribution in [1.29, 1.82) is 0 Å². The Hall–Kier alpha value is -2.61. The summed E-state index contributed by atoms with van der Waals surface area (Å²) in [4.78, 5) is 45.8. The first-order chi connectivity index (χ1) is 11.9. The van der Waals surface area contributed by atoms with Gasteiger partial charge in [-0.15, -0.1) is 0 Å². The second-order valence-electron chi connectivity index (χ2n) is 4.90. The van der Waals surface area contributed by atoms with E-state index >= 15 is 0 Å². The zero-order valence-electron chi connectivity index (χ0n) is 13.8. The highest BCUT2D eigenvalue weighted by atomic mass is 35.5. The van der Waals surface area contributed by atoms with Gasteiger partial charge in [-0.2, -0.15) is 0 Å². The number of carbonyl (C=O) groups excluding carboxylic acids is 4. The molecule has 0 saturated heterocycles. The van der Waals surface area contributed by atoms with E-state index in [0.29, 0.717) is 17.1 Å². The highest BCUT2D eigenvalue weighted by Gasteiger charge is 2.10. The van der Waals surface area contributed by atoms with E-state index in [1.54, 1.807) is 31.2 Å². The number of rotatable bonds is 9. The molecule has 1 aromatic carbocycles. The average Bonchev–Trinajstić information content (AvgIpc) is 2.59. The van der Waals surface area contributed by atoms with Crippen molar-refractivity contribution in [2.24, 2.45) is 0 Å². The summed E-state index contributed by atoms with van der Waals surface area (Å²) in [5, 5.41) is 7.90. The van der Waals surface area contributed by atoms with E-state index in [1.165, 1.54) is 0 Å². The molecular weight excluding hydrogens is 350 g/mol. The highest BCUT2D eigenvalue weighted by molar-refractivity contribution is 6.30. The fourth-order valence-electron chi connectivity index (χ4n) is 1.69. The minimum Gasteiger partial charge on any atom is -0.456 e. The summed E-state index contributed by atoms with van der Waals surface area (Å²) in [5.74, 6) is -1.88. The molecule has 0 unspecified atom stereocenters. The molecule has 136 valence electrons. The van der Waals surface area contributed by atoms with Gasteiger partial charge in [-0.05, 0) is 31.2 Å². The van der Waals surface area contributed by atoms with Crippen molar-refractivity contribution in [3.8, 4) is 0 Å². The van der Waals surface area contributed by atoms with Crippen molar-refractivity contribution in [2.45, 2.75) is 13.3 Å². The molecule has 0 saturated carbocycles. The topological polar surface area (TPSA) is 114 Å². The van der Waals surface area contributed by atoms with Crippen LogP contribution in [-0.4, -0.2) is 49.9 Å². The van der Waals surface area contributed by atoms with Crippen molar-refractivity contribution in [3.63, 3.8) is 0 Å². The molecule has 0 heterocycles. The number of benzene rings is 1. The number of carbonyl (C=O) groups is 4. The first-order valence-electron chi connectivity index (χ1n) is 7.65. The minimum atomic E-state index is -0.635. The summed E-state index contributed by atoms with van der Waals surface area (Å²) in [6, 6.07) is 6.30. The second-order valence-corrected chi connectivity index (χ2v) is 5.34. The minimum absolute atomic E-state index is 0.0703. The maximum Gasteiger partial charge on any atom is 0.308 e. The number of halogens is 1. The first-order valence-corrected chi connectivity index (χ1v) is 8.03. The number of hydrogen-bond donors (Lipinski definition) is 3. The van der Waals surface area contributed by atoms with Crippen LogP contribution in [0.15, 0.2) is 24.3 Å². The monoisotopic (exact) mass is 369 g/mol. The lowest BCUT2D eigenvalue weighted by molar-refractivity contribution is -0.148. The van der Waals surface area contributed by atoms with E-state index in [1.807, 2.05) is 0 Å². The van der Waals surface area contributed by atoms with Gasteiger partial charge in [0.1, 0.15) is 0 Å². The van der Waals surface area contributed by atoms with Crippen LogP contribution in [0.4, 0.5) is 0 Å². The third kappa shape index (κ3) is 8.71. The number of amides is 3. The molecule has 0 atom stereocenters. The van der Waals surface area contributed by atoms with Gasteiger partial charge in [-0.1, -0.05) is 11.6 Å². The van der Waals surface area contributed by atoms with Gasteiger partial charge >= 0.3 is 5.97 Å². The van der Waals surface area contributed by atoms with E-state index in [-0.39, 0.29) is 31.3 Å². The van der Waals surface area contributed by atoms with Gasteiger partial charge in [-0.3, -0.25) is 19.2 Å². The molecule has 0 fully saturated rings. The highest BCUT2D eigenvalue weighted by Crippen LogP contribution is 2.09. The summed E-state index contributed by atoms with van der Waals surface area (Å²) >= 11 is 5.73. The number of esters is 1. The van der Waals surface area contributed by atoms with Gasteiger partial charge in [-0.25, -0.2) is 0 Å². The van der Waals surface area contributed by atoms with E-state index in [4.69, 9.17) is 16.3 Å². The van der Waals surface area contributed by atoms with Gasteiger partial charge in [0, 0.05) is 23.7 Å². The van der Waals surface area contributed by atoms with Crippen molar-refractivity contribution in [2.75, 3.05) is 26.2 Å². The maximum atomic E-state index is 11.8. The summed E-state index contributed by atoms with van der Waals surface area (Å²) < 4.78 is 4.75. The van der Waals surface area contributed by atoms with E-state index in [9.17, 15) is 19.2 Å². The molecule has 3 N–H and O–H groups in total. The second kappa shape index (κ2) is 11.0. The molecule has 0 radical (unpaired) electrons. The Morgan fingerprint density at radius 1 is 1.00 bits per heavy atom. The maximum absolute atomic E-state index is 11.8. The van der Waals surface area contributed by atoms with E-state index in [2.05, 4.69) is 16.0 Å². The van der Waals surface area contributed by atoms with Crippen molar-refractivity contribution in [3.05, 3.63) is 34.9 Å². The van der Waals surface area contributed by atoms with Crippen LogP contribution in [0.1, 0.15) is 23.7 Å². The van der Waals surface area contributed by atoms with Crippen molar-refractivity contribution >= 4 is 35.3 Å². The van der Waals surface area contributed by atoms with Crippen LogP contribution in [0, 0.1) is 0 Å². The molecule has 9 heteroatoms. The summed E-state index contributed by atoms with van der Waals surface area (Å²) in [5.41, 5.74) is 0.419. The molecule has 0 bridgehead atoms. The molecule has 0 aromatic heterocycles. The Bertz CT molecular complexity index is 619. The van der Waals surface area contributed by atoms with Crippen LogP contribution in [-0.2, 0) is 19.1 Å². The van der Waals surface area contributed by atoms with Crippen LogP contribution in [0.3, 0.4) is 0 Å². The quantitative estimate of drug-likeness (QED) is 0.540. The fourth-order valence-corrected chi connectivity index (χ4v) is 1.82. The number of hydrogen-bond acceptors (Lipinski definition) is 5. The third-order valence-corrected chi connectivity index (χ3v) is 3.16. The zero-order chi connectivity index (χ0) is 18.7. The van der Waals surface area contributed by atoms with E-state index in [0.717, 1.165) is 0 Å². The lowest BCUT2D eigenvalue weighted by atomic mass is 10.2. The largest absolute Gasteiger partial charge is 0.456 e. The molecule has 3 amide bonds. The molecule has 0 spiro atoms. The van der Waals surface area contributed by atoms with Gasteiger partial charge in [0.05, 0.1) is 13.0 Å². The van der Waals surface area contributed by atoms with Crippen molar-refractivity contribution in [1.82, 2.24) is 16.0 Å². The molecule has 8 nitrogen and oxygen atoms in total. The fraction of sp³-hybridized carbons (Fsp3) is 0.375. The predicted molar refractivity (Wildman–Crippen MR) is 91.1 cm³/mol. The van der Waals surface area contributed by atoms with Crippen LogP contribution >= 0.6 is 11.6 Å². The van der Waals surface area contributed by atoms with Crippen LogP contribution in [0.25, 0.3) is 0 Å². The van der Waals surface area contributed by atoms with Crippen LogP contribution < -0.4 is 16.0 Å². The Morgan fingerprint density at radius 3 is 2.32 bits per heavy atom. The first kappa shape index (κ1) is 20.4. The third-order valence-electron chi connectivity index (χ3n) is 2.91. The standard InChI is InChI=1S/C16H20ClN3O5/c1-2-18-13(21)9-20-14(22)10-25-15(23)7-8-19-16(24)11-3-5-12(17)6-4-11/h3-6H,2,7-10H2,1H3,(H,18,21)(H,19,24)(H,20,22). The Labute approximate surface area is 150 Å². The molecule has 1 rings (SSSR count). The van der Waals surface area contributed by atoms with Gasteiger partial charge in [0.2, 0.25) is 5.91 Å². The molecule has 0 aliphatic rings. The SMILES string of the molecule is CCNC(=O)CNC(=O)COC(=O)CCNC(=O)c1ccc(Cl)cc1. The van der Waals surface area contributed by atoms with Gasteiger partial charge in [0.25, 0.3) is 11.8 Å². The van der Waals surface area contributed by atoms with Gasteiger partial charge < -0.3 is 20.7 Å². The summed E-state index contributed by atoms with van der Waals surface area (Å²) in [6.07, 6.45) is -0.0804. The average molecular weight is 370 g/mol. The van der Waals surface area contributed by atoms with Gasteiger partial charge in [0.15, 0.2) is 6.61 Å². The van der Waals surface area contributed by atoms with Crippen molar-refractivity contribution < 1.29 is 23.9 Å². The Balaban J connectivity index is 2.18. The summed E-state index contributed by atoms with van der Waals surface area (Å²) in [7, 11) is 0. The number of ether oxygens (including phenoxy) is 1. The molecule has 1 aromatic rings. The normalized spacial score (nSPS) is 9.84. The van der Waals surface area contributed by atoms with Crippen LogP contribution in [0.5, 0.6) is 0 Å². The predicted octanol–water partition coefficient (Wildman–Crippen LogP) is 0.255. The lowest BCUT2D eigenvalue weighted by Gasteiger charge is -2.07. The number of nitrogens with one attached hydrogen (secondary N) is 3. The van der Waals surface area contributed by atoms with E-state index < -0.39 is 18.5 Å². The smallest absolute Gasteiger partial charge is 0.308 e. The summed E-state index contributed by atoms with van der Waals surface area (Å²) in [6.45, 7) is 1.63.